The molecule has 30 heavy (non-hydrogen) atoms. The van der Waals surface area contributed by atoms with Gasteiger partial charge >= 0.3 is 5.97 Å². The van der Waals surface area contributed by atoms with Crippen LogP contribution in [-0.2, 0) is 19.6 Å². The molecule has 2 aromatic carbocycles. The Morgan fingerprint density at radius 3 is 2.53 bits per heavy atom. The third kappa shape index (κ3) is 6.74. The van der Waals surface area contributed by atoms with Gasteiger partial charge in [0, 0.05) is 5.69 Å². The van der Waals surface area contributed by atoms with Crippen LogP contribution in [0.25, 0.3) is 0 Å². The van der Waals surface area contributed by atoms with Crippen molar-refractivity contribution in [3.05, 3.63) is 58.1 Å². The van der Waals surface area contributed by atoms with Crippen LogP contribution in [0.5, 0.6) is 5.75 Å². The van der Waals surface area contributed by atoms with E-state index in [0.29, 0.717) is 6.61 Å². The highest BCUT2D eigenvalue weighted by molar-refractivity contribution is 7.92. The highest BCUT2D eigenvalue weighted by atomic mass is 32.2. The first-order chi connectivity index (χ1) is 14.1. The fourth-order valence-corrected chi connectivity index (χ4v) is 2.90. The molecule has 12 heteroatoms. The van der Waals surface area contributed by atoms with E-state index in [1.54, 1.807) is 6.92 Å². The van der Waals surface area contributed by atoms with Crippen LogP contribution in [-0.4, -0.2) is 44.7 Å². The van der Waals surface area contributed by atoms with Crippen molar-refractivity contribution < 1.29 is 32.4 Å². The maximum absolute atomic E-state index is 12.1. The normalized spacial score (nSPS) is 10.7. The van der Waals surface area contributed by atoms with Gasteiger partial charge in [0.1, 0.15) is 11.4 Å². The van der Waals surface area contributed by atoms with E-state index in [9.17, 15) is 28.1 Å². The minimum Gasteiger partial charge on any atom is -0.494 e. The van der Waals surface area contributed by atoms with Crippen molar-refractivity contribution in [2.24, 2.45) is 0 Å². The summed E-state index contributed by atoms with van der Waals surface area (Å²) >= 11 is 0. The quantitative estimate of drug-likeness (QED) is 0.344. The number of esters is 1. The number of sulfonamides is 1. The van der Waals surface area contributed by atoms with Gasteiger partial charge < -0.3 is 14.8 Å². The Labute approximate surface area is 172 Å². The summed E-state index contributed by atoms with van der Waals surface area (Å²) in [6, 6.07) is 9.44. The first-order valence-electron chi connectivity index (χ1n) is 8.55. The lowest BCUT2D eigenvalue weighted by Crippen LogP contribution is -2.21. The lowest BCUT2D eigenvalue weighted by Gasteiger charge is -2.09. The third-order valence-corrected chi connectivity index (χ3v) is 4.09. The Bertz CT molecular complexity index is 1070. The number of carbonyl (C=O) groups excluding carboxylic acids is 2. The smallest absolute Gasteiger partial charge is 0.338 e. The van der Waals surface area contributed by atoms with Crippen molar-refractivity contribution in [2.45, 2.75) is 6.92 Å². The van der Waals surface area contributed by atoms with Crippen molar-refractivity contribution in [2.75, 3.05) is 29.5 Å². The number of nitrogens with one attached hydrogen (secondary N) is 2. The molecule has 11 nitrogen and oxygen atoms in total. The number of rotatable bonds is 9. The minimum atomic E-state index is -3.53. The monoisotopic (exact) mass is 437 g/mol. The molecule has 0 aromatic heterocycles. The molecule has 2 N–H and O–H groups in total. The van der Waals surface area contributed by atoms with E-state index in [2.05, 4.69) is 10.0 Å². The number of carbonyl (C=O) groups is 2. The molecular formula is C18H19N3O8S. The number of nitro benzene ring substituents is 1. The van der Waals surface area contributed by atoms with E-state index in [4.69, 9.17) is 9.47 Å². The molecule has 0 bridgehead atoms. The lowest BCUT2D eigenvalue weighted by molar-refractivity contribution is -0.384. The molecule has 0 spiro atoms. The molecule has 0 unspecified atom stereocenters. The van der Waals surface area contributed by atoms with E-state index in [-0.39, 0.29) is 28.4 Å². The summed E-state index contributed by atoms with van der Waals surface area (Å²) in [6.07, 6.45) is 0.961. The van der Waals surface area contributed by atoms with Gasteiger partial charge in [0.25, 0.3) is 11.6 Å². The molecule has 0 atom stereocenters. The molecular weight excluding hydrogens is 418 g/mol. The molecule has 160 valence electrons. The number of hydrogen-bond acceptors (Lipinski definition) is 8. The van der Waals surface area contributed by atoms with Crippen LogP contribution in [0.2, 0.25) is 0 Å². The Hall–Kier alpha value is -3.67. The summed E-state index contributed by atoms with van der Waals surface area (Å²) in [6.45, 7) is 1.34. The van der Waals surface area contributed by atoms with Crippen LogP contribution in [0, 0.1) is 10.1 Å². The minimum absolute atomic E-state index is 0.0171. The van der Waals surface area contributed by atoms with Gasteiger partial charge in [-0.3, -0.25) is 19.6 Å². The molecule has 0 heterocycles. The van der Waals surface area contributed by atoms with Crippen LogP contribution in [0.4, 0.5) is 17.1 Å². The van der Waals surface area contributed by atoms with Crippen LogP contribution >= 0.6 is 0 Å². The van der Waals surface area contributed by atoms with Crippen molar-refractivity contribution in [3.63, 3.8) is 0 Å². The molecule has 2 rings (SSSR count). The Kier molecular flexibility index (Phi) is 7.31. The molecule has 0 aliphatic heterocycles. The maximum Gasteiger partial charge on any atom is 0.338 e. The average molecular weight is 437 g/mol. The van der Waals surface area contributed by atoms with E-state index in [1.807, 2.05) is 0 Å². The van der Waals surface area contributed by atoms with Crippen molar-refractivity contribution in [1.29, 1.82) is 0 Å². The van der Waals surface area contributed by atoms with Gasteiger partial charge in [0.2, 0.25) is 10.0 Å². The maximum atomic E-state index is 12.1. The van der Waals surface area contributed by atoms with Crippen LogP contribution in [0.1, 0.15) is 17.3 Å². The molecule has 0 saturated carbocycles. The molecule has 0 aliphatic carbocycles. The fraction of sp³-hybridized carbons (Fsp3) is 0.222. The van der Waals surface area contributed by atoms with Crippen molar-refractivity contribution in [1.82, 2.24) is 0 Å². The lowest BCUT2D eigenvalue weighted by atomic mass is 10.2. The van der Waals surface area contributed by atoms with Gasteiger partial charge in [-0.1, -0.05) is 6.07 Å². The van der Waals surface area contributed by atoms with Gasteiger partial charge in [-0.05, 0) is 37.3 Å². The van der Waals surface area contributed by atoms with E-state index >= 15 is 0 Å². The fourth-order valence-electron chi connectivity index (χ4n) is 2.35. The topological polar surface area (TPSA) is 154 Å². The highest BCUT2D eigenvalue weighted by Gasteiger charge is 2.18. The van der Waals surface area contributed by atoms with Gasteiger partial charge in [-0.2, -0.15) is 0 Å². The zero-order valence-electron chi connectivity index (χ0n) is 16.1. The number of nitrogens with zero attached hydrogens (tertiary/aromatic N) is 1. The zero-order chi connectivity index (χ0) is 22.3. The standard InChI is InChI=1S/C18H19N3O8S/c1-3-28-14-7-8-15(16(10-14)21(24)25)19-17(22)11-29-18(23)12-5-4-6-13(9-12)20-30(2,26)27/h4-10,20H,3,11H2,1-2H3,(H,19,22). The van der Waals surface area contributed by atoms with Gasteiger partial charge in [-0.15, -0.1) is 0 Å². The number of hydrogen-bond donors (Lipinski definition) is 2. The Morgan fingerprint density at radius 1 is 1.17 bits per heavy atom. The second-order valence-electron chi connectivity index (χ2n) is 5.95. The van der Waals surface area contributed by atoms with E-state index in [1.165, 1.54) is 42.5 Å². The summed E-state index contributed by atoms with van der Waals surface area (Å²) in [5.74, 6) is -1.39. The summed E-state index contributed by atoms with van der Waals surface area (Å²) in [4.78, 5) is 34.7. The number of benzene rings is 2. The third-order valence-electron chi connectivity index (χ3n) is 3.49. The summed E-state index contributed by atoms with van der Waals surface area (Å²) in [7, 11) is -3.53. The van der Waals surface area contributed by atoms with Gasteiger partial charge in [0.15, 0.2) is 6.61 Å². The average Bonchev–Trinajstić information content (AvgIpc) is 2.66. The SMILES string of the molecule is CCOc1ccc(NC(=O)COC(=O)c2cccc(NS(C)(=O)=O)c2)c([N+](=O)[O-])c1. The second-order valence-corrected chi connectivity index (χ2v) is 7.70. The highest BCUT2D eigenvalue weighted by Crippen LogP contribution is 2.29. The molecule has 2 aromatic rings. The van der Waals surface area contributed by atoms with Crippen LogP contribution < -0.4 is 14.8 Å². The van der Waals surface area contributed by atoms with Gasteiger partial charge in [-0.25, -0.2) is 13.2 Å². The first kappa shape index (κ1) is 22.6. The summed E-state index contributed by atoms with van der Waals surface area (Å²) in [5, 5.41) is 13.5. The zero-order valence-corrected chi connectivity index (χ0v) is 16.9. The largest absolute Gasteiger partial charge is 0.494 e. The Balaban J connectivity index is 2.02. The number of anilines is 2. The van der Waals surface area contributed by atoms with Gasteiger partial charge in [0.05, 0.1) is 29.4 Å². The summed E-state index contributed by atoms with van der Waals surface area (Å²) < 4.78 is 34.8. The molecule has 0 saturated heterocycles. The molecule has 0 aliphatic rings. The van der Waals surface area contributed by atoms with Crippen LogP contribution in [0.3, 0.4) is 0 Å². The van der Waals surface area contributed by atoms with Crippen LogP contribution in [0.15, 0.2) is 42.5 Å². The second kappa shape index (κ2) is 9.69. The van der Waals surface area contributed by atoms with E-state index in [0.717, 1.165) is 6.26 Å². The Morgan fingerprint density at radius 2 is 1.90 bits per heavy atom. The molecule has 1 amide bonds. The molecule has 0 fully saturated rings. The first-order valence-corrected chi connectivity index (χ1v) is 10.4. The number of nitro groups is 1. The predicted octanol–water partition coefficient (Wildman–Crippen LogP) is 2.16. The molecule has 0 radical (unpaired) electrons. The summed E-state index contributed by atoms with van der Waals surface area (Å²) in [5.41, 5.74) is -0.283. The van der Waals surface area contributed by atoms with E-state index < -0.39 is 33.4 Å². The number of ether oxygens (including phenoxy) is 2. The predicted molar refractivity (Wildman–Crippen MR) is 108 cm³/mol. The van der Waals surface area contributed by atoms with Crippen molar-refractivity contribution in [3.8, 4) is 5.75 Å². The number of amides is 1. The van der Waals surface area contributed by atoms with Crippen molar-refractivity contribution >= 4 is 39.0 Å².